The molecule has 0 aliphatic rings. The molecule has 0 saturated carbocycles. The second-order valence-corrected chi connectivity index (χ2v) is 1.36. The number of halogens is 1. The van der Waals surface area contributed by atoms with E-state index in [2.05, 4.69) is 0 Å². The van der Waals surface area contributed by atoms with Crippen LogP contribution in [-0.2, 0) is 4.79 Å². The van der Waals surface area contributed by atoms with Crippen molar-refractivity contribution in [3.05, 3.63) is 11.6 Å². The summed E-state index contributed by atoms with van der Waals surface area (Å²) in [6, 6.07) is 0. The standard InChI is InChI=1S/C5H7ClO/c1-2-5(7)3-4-6/h3-4H,2H2,1H3/b4-3-. The fraction of sp³-hybridized carbons (Fsp3) is 0.400. The summed E-state index contributed by atoms with van der Waals surface area (Å²) in [5.41, 5.74) is 1.23. The molecule has 0 aliphatic carbocycles. The Morgan fingerprint density at radius 2 is 2.43 bits per heavy atom. The van der Waals surface area contributed by atoms with Gasteiger partial charge in [-0.05, 0) is 6.08 Å². The maximum absolute atomic E-state index is 10.2. The number of allylic oxidation sites excluding steroid dienone is 1. The number of ketones is 1. The van der Waals surface area contributed by atoms with Crippen LogP contribution < -0.4 is 0 Å². The molecule has 0 radical (unpaired) electrons. The van der Waals surface area contributed by atoms with Gasteiger partial charge in [-0.15, -0.1) is 0 Å². The zero-order valence-corrected chi connectivity index (χ0v) is 4.90. The number of carbonyl (C=O) groups is 1. The second kappa shape index (κ2) is 3.88. The van der Waals surface area contributed by atoms with Crippen LogP contribution in [-0.4, -0.2) is 5.78 Å². The fourth-order valence-electron chi connectivity index (χ4n) is 0.188. The van der Waals surface area contributed by atoms with E-state index in [4.69, 9.17) is 11.6 Å². The Morgan fingerprint density at radius 1 is 1.86 bits per heavy atom. The van der Waals surface area contributed by atoms with Gasteiger partial charge in [-0.25, -0.2) is 0 Å². The molecule has 0 aliphatic heterocycles. The lowest BCUT2D eigenvalue weighted by atomic mass is 10.3. The Bertz CT molecular complexity index is 86.1. The average molecular weight is 119 g/mol. The smallest absolute Gasteiger partial charge is 0.156 e. The molecule has 0 aromatic rings. The molecule has 0 saturated heterocycles. The molecule has 0 unspecified atom stereocenters. The van der Waals surface area contributed by atoms with E-state index in [1.54, 1.807) is 6.92 Å². The fourth-order valence-corrected chi connectivity index (χ4v) is 0.329. The number of hydrogen-bond acceptors (Lipinski definition) is 1. The van der Waals surface area contributed by atoms with Gasteiger partial charge in [0.1, 0.15) is 0 Å². The van der Waals surface area contributed by atoms with Crippen LogP contribution >= 0.6 is 11.6 Å². The van der Waals surface area contributed by atoms with Gasteiger partial charge in [0.2, 0.25) is 0 Å². The van der Waals surface area contributed by atoms with Crippen LogP contribution in [0.5, 0.6) is 0 Å². The molecule has 1 nitrogen and oxygen atoms in total. The van der Waals surface area contributed by atoms with Crippen molar-refractivity contribution >= 4 is 17.4 Å². The van der Waals surface area contributed by atoms with Crippen molar-refractivity contribution in [3.63, 3.8) is 0 Å². The van der Waals surface area contributed by atoms with Crippen molar-refractivity contribution in [2.45, 2.75) is 13.3 Å². The van der Waals surface area contributed by atoms with E-state index in [0.29, 0.717) is 6.42 Å². The van der Waals surface area contributed by atoms with Gasteiger partial charge in [-0.2, -0.15) is 0 Å². The van der Waals surface area contributed by atoms with Crippen molar-refractivity contribution in [1.82, 2.24) is 0 Å². The molecule has 0 N–H and O–H groups in total. The van der Waals surface area contributed by atoms with Crippen LogP contribution in [0.3, 0.4) is 0 Å². The van der Waals surface area contributed by atoms with Crippen molar-refractivity contribution in [3.8, 4) is 0 Å². The summed E-state index contributed by atoms with van der Waals surface area (Å²) in [5.74, 6) is 0.0648. The molecular formula is C5H7ClO. The van der Waals surface area contributed by atoms with Gasteiger partial charge in [0.05, 0.1) is 0 Å². The summed E-state index contributed by atoms with van der Waals surface area (Å²) in [5, 5.41) is 0. The topological polar surface area (TPSA) is 17.1 Å². The molecule has 0 heterocycles. The lowest BCUT2D eigenvalue weighted by molar-refractivity contribution is -0.114. The Balaban J connectivity index is 3.37. The zero-order valence-electron chi connectivity index (χ0n) is 4.15. The summed E-state index contributed by atoms with van der Waals surface area (Å²) in [4.78, 5) is 10.2. The van der Waals surface area contributed by atoms with Gasteiger partial charge in [0.15, 0.2) is 5.78 Å². The molecule has 0 rings (SSSR count). The van der Waals surface area contributed by atoms with E-state index >= 15 is 0 Å². The molecule has 2 heteroatoms. The third-order valence-electron chi connectivity index (χ3n) is 0.597. The first-order valence-electron chi connectivity index (χ1n) is 2.11. The van der Waals surface area contributed by atoms with E-state index in [1.807, 2.05) is 0 Å². The van der Waals surface area contributed by atoms with Gasteiger partial charge in [0.25, 0.3) is 0 Å². The summed E-state index contributed by atoms with van der Waals surface area (Å²) < 4.78 is 0. The molecule has 0 atom stereocenters. The van der Waals surface area contributed by atoms with Gasteiger partial charge in [-0.3, -0.25) is 4.79 Å². The van der Waals surface area contributed by atoms with Crippen molar-refractivity contribution < 1.29 is 4.79 Å². The maximum Gasteiger partial charge on any atom is 0.156 e. The largest absolute Gasteiger partial charge is 0.295 e. The predicted molar refractivity (Wildman–Crippen MR) is 30.3 cm³/mol. The first-order chi connectivity index (χ1) is 3.31. The molecule has 40 valence electrons. The van der Waals surface area contributed by atoms with Crippen LogP contribution in [0.4, 0.5) is 0 Å². The van der Waals surface area contributed by atoms with Gasteiger partial charge in [-0.1, -0.05) is 18.5 Å². The quantitative estimate of drug-likeness (QED) is 0.505. The van der Waals surface area contributed by atoms with Crippen molar-refractivity contribution in [2.24, 2.45) is 0 Å². The van der Waals surface area contributed by atoms with E-state index in [0.717, 1.165) is 0 Å². The summed E-state index contributed by atoms with van der Waals surface area (Å²) in [6.07, 6.45) is 1.88. The SMILES string of the molecule is CCC(=O)/C=C\Cl. The lowest BCUT2D eigenvalue weighted by Gasteiger charge is -1.77. The van der Waals surface area contributed by atoms with Crippen LogP contribution in [0.25, 0.3) is 0 Å². The third-order valence-corrected chi connectivity index (χ3v) is 0.723. The van der Waals surface area contributed by atoms with Gasteiger partial charge >= 0.3 is 0 Å². The normalized spacial score (nSPS) is 10.0. The number of carbonyl (C=O) groups excluding carboxylic acids is 1. The third kappa shape index (κ3) is 3.53. The predicted octanol–water partition coefficient (Wildman–Crippen LogP) is 1.72. The van der Waals surface area contributed by atoms with Gasteiger partial charge < -0.3 is 0 Å². The Labute approximate surface area is 48.0 Å². The highest BCUT2D eigenvalue weighted by Gasteiger charge is 1.84. The molecule has 7 heavy (non-hydrogen) atoms. The molecule has 0 amide bonds. The van der Waals surface area contributed by atoms with Gasteiger partial charge in [0, 0.05) is 12.0 Å². The van der Waals surface area contributed by atoms with Crippen molar-refractivity contribution in [1.29, 1.82) is 0 Å². The monoisotopic (exact) mass is 118 g/mol. The molecule has 0 aromatic heterocycles. The average Bonchev–Trinajstić information content (AvgIpc) is 1.68. The van der Waals surface area contributed by atoms with E-state index in [1.165, 1.54) is 11.6 Å². The van der Waals surface area contributed by atoms with Crippen LogP contribution in [0.2, 0.25) is 0 Å². The summed E-state index contributed by atoms with van der Waals surface area (Å²) >= 11 is 5.07. The maximum atomic E-state index is 10.2. The highest BCUT2D eigenvalue weighted by Crippen LogP contribution is 1.84. The minimum Gasteiger partial charge on any atom is -0.295 e. The van der Waals surface area contributed by atoms with Crippen LogP contribution in [0.1, 0.15) is 13.3 Å². The molecular weight excluding hydrogens is 112 g/mol. The minimum absolute atomic E-state index is 0.0648. The molecule has 0 bridgehead atoms. The van der Waals surface area contributed by atoms with Crippen LogP contribution in [0.15, 0.2) is 11.6 Å². The second-order valence-electron chi connectivity index (χ2n) is 1.11. The zero-order chi connectivity index (χ0) is 5.70. The highest BCUT2D eigenvalue weighted by atomic mass is 35.5. The number of hydrogen-bond donors (Lipinski definition) is 0. The lowest BCUT2D eigenvalue weighted by Crippen LogP contribution is -1.84. The summed E-state index contributed by atoms with van der Waals surface area (Å²) in [7, 11) is 0. The van der Waals surface area contributed by atoms with E-state index in [-0.39, 0.29) is 5.78 Å². The molecule has 0 aromatic carbocycles. The molecule has 0 fully saturated rings. The Hall–Kier alpha value is -0.300. The summed E-state index contributed by atoms with van der Waals surface area (Å²) in [6.45, 7) is 1.79. The highest BCUT2D eigenvalue weighted by molar-refractivity contribution is 6.26. The first-order valence-corrected chi connectivity index (χ1v) is 2.54. The number of rotatable bonds is 2. The first kappa shape index (κ1) is 6.70. The van der Waals surface area contributed by atoms with Crippen molar-refractivity contribution in [2.75, 3.05) is 0 Å². The Kier molecular flexibility index (Phi) is 3.71. The Morgan fingerprint density at radius 3 is 2.57 bits per heavy atom. The van der Waals surface area contributed by atoms with E-state index in [9.17, 15) is 4.79 Å². The van der Waals surface area contributed by atoms with E-state index < -0.39 is 0 Å². The minimum atomic E-state index is 0.0648. The van der Waals surface area contributed by atoms with Crippen LogP contribution in [0, 0.1) is 0 Å². The molecule has 0 spiro atoms.